The second kappa shape index (κ2) is 18.9. The molecule has 4 saturated carbocycles. The third kappa shape index (κ3) is 8.00. The molecule has 10 aromatic rings. The summed E-state index contributed by atoms with van der Waals surface area (Å²) < 4.78 is 0. The quantitative estimate of drug-likeness (QED) is 0.127. The van der Waals surface area contributed by atoms with E-state index in [-0.39, 0.29) is 5.41 Å². The summed E-state index contributed by atoms with van der Waals surface area (Å²) in [4.78, 5) is 4.95. The molecule has 5 aliphatic rings. The largest absolute Gasteiger partial charge is 0.310 e. The standard InChI is InChI=1S/C74H64N2/c1-49-19-18-29-69-72(49)63-40-39-62(46-70(63)74(69,2)3)75(58-24-12-6-13-25-58)60-35-31-54(32-36-60)67-47-66(53-22-10-5-11-23-53)68(48-65(67)52-20-8-4-9-21-52)55-33-37-61(38-34-55)76(59-26-14-7-15-27-59)71-30-17-16-28-64(71)73-56-42-50-41-51(44-56)45-57(73)43-50/h4-40,46-48,50-51,56-57,73H,41-45H2,1-3H3. The molecule has 0 amide bonds. The van der Waals surface area contributed by atoms with Crippen molar-refractivity contribution < 1.29 is 0 Å². The zero-order valence-electron chi connectivity index (χ0n) is 43.9. The van der Waals surface area contributed by atoms with Crippen LogP contribution in [0.15, 0.2) is 243 Å². The number of hydrogen-bond donors (Lipinski definition) is 0. The zero-order valence-corrected chi connectivity index (χ0v) is 43.9. The maximum Gasteiger partial charge on any atom is 0.0496 e. The van der Waals surface area contributed by atoms with Crippen molar-refractivity contribution in [2.45, 2.75) is 64.2 Å². The van der Waals surface area contributed by atoms with Gasteiger partial charge in [-0.05, 0) is 225 Å². The van der Waals surface area contributed by atoms with Gasteiger partial charge in [0, 0.05) is 39.5 Å². The molecular weight excluding hydrogens is 917 g/mol. The van der Waals surface area contributed by atoms with Gasteiger partial charge in [0.1, 0.15) is 0 Å². The van der Waals surface area contributed by atoms with Crippen molar-refractivity contribution >= 4 is 34.1 Å². The van der Waals surface area contributed by atoms with Gasteiger partial charge in [-0.1, -0.05) is 178 Å². The molecule has 5 aliphatic carbocycles. The van der Waals surface area contributed by atoms with Crippen LogP contribution in [0.4, 0.5) is 34.1 Å². The Kier molecular flexibility index (Phi) is 11.5. The van der Waals surface area contributed by atoms with E-state index in [4.69, 9.17) is 0 Å². The van der Waals surface area contributed by atoms with Crippen LogP contribution >= 0.6 is 0 Å². The van der Waals surface area contributed by atoms with Crippen molar-refractivity contribution in [3.05, 3.63) is 265 Å². The van der Waals surface area contributed by atoms with Gasteiger partial charge in [-0.25, -0.2) is 0 Å². The SMILES string of the molecule is Cc1cccc2c1-c1ccc(N(c3ccccc3)c3ccc(-c4cc(-c5ccccc5)c(-c5ccc(N(c6ccccc6)c6ccccc6C6C7CC8CC(C7)CC6C8)cc5)cc4-c4ccccc4)cc3)cc1C2(C)C. The molecule has 0 aliphatic heterocycles. The number of benzene rings is 10. The predicted octanol–water partition coefficient (Wildman–Crippen LogP) is 20.4. The van der Waals surface area contributed by atoms with Crippen LogP contribution < -0.4 is 9.80 Å². The van der Waals surface area contributed by atoms with Crippen LogP contribution in [0.25, 0.3) is 55.6 Å². The first kappa shape index (κ1) is 46.3. The molecule has 15 rings (SSSR count). The monoisotopic (exact) mass is 981 g/mol. The van der Waals surface area contributed by atoms with Gasteiger partial charge in [-0.2, -0.15) is 0 Å². The van der Waals surface area contributed by atoms with Crippen molar-refractivity contribution in [3.8, 4) is 55.6 Å². The lowest BCUT2D eigenvalue weighted by atomic mass is 9.50. The lowest BCUT2D eigenvalue weighted by Gasteiger charge is -2.55. The van der Waals surface area contributed by atoms with Crippen molar-refractivity contribution in [1.29, 1.82) is 0 Å². The zero-order chi connectivity index (χ0) is 50.9. The molecule has 370 valence electrons. The van der Waals surface area contributed by atoms with Gasteiger partial charge in [0.2, 0.25) is 0 Å². The van der Waals surface area contributed by atoms with Crippen LogP contribution in [0.1, 0.15) is 74.1 Å². The number of para-hydroxylation sites is 3. The minimum absolute atomic E-state index is 0.111. The van der Waals surface area contributed by atoms with Crippen LogP contribution in [0, 0.1) is 30.6 Å². The minimum Gasteiger partial charge on any atom is -0.310 e. The summed E-state index contributed by atoms with van der Waals surface area (Å²) in [6.45, 7) is 6.99. The van der Waals surface area contributed by atoms with E-state index in [1.165, 1.54) is 127 Å². The Morgan fingerprint density at radius 3 is 1.32 bits per heavy atom. The third-order valence-corrected chi connectivity index (χ3v) is 18.1. The molecule has 10 aromatic carbocycles. The van der Waals surface area contributed by atoms with Gasteiger partial charge in [-0.3, -0.25) is 0 Å². The number of anilines is 6. The molecule has 4 fully saturated rings. The smallest absolute Gasteiger partial charge is 0.0496 e. The summed E-state index contributed by atoms with van der Waals surface area (Å²) in [5.41, 5.74) is 24.9. The van der Waals surface area contributed by atoms with Gasteiger partial charge in [-0.15, -0.1) is 0 Å². The Morgan fingerprint density at radius 1 is 0.342 bits per heavy atom. The first-order chi connectivity index (χ1) is 37.3. The Bertz CT molecular complexity index is 3700. The van der Waals surface area contributed by atoms with Gasteiger partial charge in [0.25, 0.3) is 0 Å². The molecule has 0 radical (unpaired) electrons. The summed E-state index contributed by atoms with van der Waals surface area (Å²) >= 11 is 0. The fourth-order valence-corrected chi connectivity index (χ4v) is 14.9. The summed E-state index contributed by atoms with van der Waals surface area (Å²) in [7, 11) is 0. The van der Waals surface area contributed by atoms with Gasteiger partial charge >= 0.3 is 0 Å². The summed E-state index contributed by atoms with van der Waals surface area (Å²) in [6, 6.07) is 90.7. The van der Waals surface area contributed by atoms with E-state index in [0.29, 0.717) is 5.92 Å². The molecule has 0 N–H and O–H groups in total. The molecular formula is C74H64N2. The number of aryl methyl sites for hydroxylation is 1. The molecule has 0 atom stereocenters. The molecule has 0 unspecified atom stereocenters. The molecule has 76 heavy (non-hydrogen) atoms. The highest BCUT2D eigenvalue weighted by Gasteiger charge is 2.49. The average Bonchev–Trinajstić information content (AvgIpc) is 3.83. The average molecular weight is 981 g/mol. The van der Waals surface area contributed by atoms with E-state index >= 15 is 0 Å². The molecule has 0 saturated heterocycles. The summed E-state index contributed by atoms with van der Waals surface area (Å²) in [5.74, 6) is 4.09. The number of rotatable bonds is 11. The molecule has 0 heterocycles. The maximum atomic E-state index is 2.54. The van der Waals surface area contributed by atoms with Gasteiger partial charge in [0.05, 0.1) is 0 Å². The molecule has 4 bridgehead atoms. The van der Waals surface area contributed by atoms with Gasteiger partial charge < -0.3 is 9.80 Å². The van der Waals surface area contributed by atoms with E-state index in [0.717, 1.165) is 40.7 Å². The second-order valence-electron chi connectivity index (χ2n) is 23.0. The first-order valence-corrected chi connectivity index (χ1v) is 27.9. The van der Waals surface area contributed by atoms with Crippen LogP contribution in [0.3, 0.4) is 0 Å². The number of hydrogen-bond acceptors (Lipinski definition) is 2. The Labute approximate surface area is 450 Å². The van der Waals surface area contributed by atoms with Crippen molar-refractivity contribution in [2.75, 3.05) is 9.80 Å². The van der Waals surface area contributed by atoms with Crippen molar-refractivity contribution in [2.24, 2.45) is 23.7 Å². The molecule has 0 spiro atoms. The van der Waals surface area contributed by atoms with Crippen LogP contribution in [0.5, 0.6) is 0 Å². The Balaban J connectivity index is 0.866. The normalized spacial score (nSPS) is 19.5. The topological polar surface area (TPSA) is 6.48 Å². The predicted molar refractivity (Wildman–Crippen MR) is 320 cm³/mol. The highest BCUT2D eigenvalue weighted by Crippen LogP contribution is 2.61. The third-order valence-electron chi connectivity index (χ3n) is 18.1. The Hall–Kier alpha value is -8.20. The minimum atomic E-state index is -0.111. The highest BCUT2D eigenvalue weighted by atomic mass is 15.1. The summed E-state index contributed by atoms with van der Waals surface area (Å²) in [5, 5.41) is 0. The lowest BCUT2D eigenvalue weighted by Crippen LogP contribution is -2.44. The fraction of sp³-hybridized carbons (Fsp3) is 0.189. The van der Waals surface area contributed by atoms with E-state index in [9.17, 15) is 0 Å². The van der Waals surface area contributed by atoms with Crippen LogP contribution in [-0.2, 0) is 5.41 Å². The van der Waals surface area contributed by atoms with E-state index in [1.807, 2.05) is 0 Å². The molecule has 2 nitrogen and oxygen atoms in total. The molecule has 2 heteroatoms. The van der Waals surface area contributed by atoms with Crippen molar-refractivity contribution in [1.82, 2.24) is 0 Å². The second-order valence-corrected chi connectivity index (χ2v) is 23.0. The number of fused-ring (bicyclic) bond motifs is 3. The van der Waals surface area contributed by atoms with Crippen LogP contribution in [-0.4, -0.2) is 0 Å². The van der Waals surface area contributed by atoms with Crippen molar-refractivity contribution in [3.63, 3.8) is 0 Å². The fourth-order valence-electron chi connectivity index (χ4n) is 14.9. The molecule has 0 aromatic heterocycles. The number of nitrogens with zero attached hydrogens (tertiary/aromatic N) is 2. The first-order valence-electron chi connectivity index (χ1n) is 27.9. The van der Waals surface area contributed by atoms with E-state index < -0.39 is 0 Å². The highest BCUT2D eigenvalue weighted by molar-refractivity contribution is 5.96. The lowest BCUT2D eigenvalue weighted by molar-refractivity contribution is -0.00259. The van der Waals surface area contributed by atoms with Gasteiger partial charge in [0.15, 0.2) is 0 Å². The van der Waals surface area contributed by atoms with E-state index in [2.05, 4.69) is 273 Å². The summed E-state index contributed by atoms with van der Waals surface area (Å²) in [6.07, 6.45) is 7.09. The Morgan fingerprint density at radius 2 is 0.776 bits per heavy atom. The van der Waals surface area contributed by atoms with Crippen LogP contribution in [0.2, 0.25) is 0 Å². The van der Waals surface area contributed by atoms with E-state index in [1.54, 1.807) is 0 Å². The maximum absolute atomic E-state index is 2.54.